The molecule has 0 unspecified atom stereocenters. The van der Waals surface area contributed by atoms with Crippen LogP contribution in [0.2, 0.25) is 0 Å². The van der Waals surface area contributed by atoms with Crippen molar-refractivity contribution in [1.29, 1.82) is 0 Å². The lowest BCUT2D eigenvalue weighted by Crippen LogP contribution is -2.08. The van der Waals surface area contributed by atoms with E-state index in [-0.39, 0.29) is 5.56 Å². The van der Waals surface area contributed by atoms with Crippen LogP contribution in [0.5, 0.6) is 5.75 Å². The van der Waals surface area contributed by atoms with E-state index in [1.54, 1.807) is 12.1 Å². The molecule has 1 aromatic heterocycles. The van der Waals surface area contributed by atoms with E-state index in [2.05, 4.69) is 30.4 Å². The number of carboxylic acids is 1. The minimum absolute atomic E-state index is 0.125. The molecule has 0 atom stereocenters. The summed E-state index contributed by atoms with van der Waals surface area (Å²) < 4.78 is 7.13. The fourth-order valence-corrected chi connectivity index (χ4v) is 3.92. The lowest BCUT2D eigenvalue weighted by molar-refractivity contribution is 0.0697. The van der Waals surface area contributed by atoms with Crippen molar-refractivity contribution in [2.24, 2.45) is 0 Å². The van der Waals surface area contributed by atoms with Crippen LogP contribution in [0.3, 0.4) is 0 Å². The molecule has 168 valence electrons. The van der Waals surface area contributed by atoms with E-state index in [0.29, 0.717) is 11.4 Å². The number of ether oxygens (including phenoxy) is 1. The molecule has 4 rings (SSSR count). The Kier molecular flexibility index (Phi) is 6.18. The molecule has 0 aliphatic carbocycles. The third-order valence-electron chi connectivity index (χ3n) is 5.66. The predicted molar refractivity (Wildman–Crippen MR) is 131 cm³/mol. The monoisotopic (exact) mass is 441 g/mol. The number of hydrogen-bond donors (Lipinski definition) is 2. The van der Waals surface area contributed by atoms with Crippen molar-refractivity contribution in [1.82, 2.24) is 9.78 Å². The Hall–Kier alpha value is -4.06. The normalized spacial score (nSPS) is 10.8. The van der Waals surface area contributed by atoms with Crippen LogP contribution in [0.1, 0.15) is 34.1 Å². The van der Waals surface area contributed by atoms with Crippen LogP contribution >= 0.6 is 0 Å². The molecule has 0 spiro atoms. The fraction of sp³-hybridized carbons (Fsp3) is 0.185. The first-order valence-corrected chi connectivity index (χ1v) is 10.9. The SMILES string of the molecule is CCc1nn(-c2cc(C)ccc2C)c(Nc2ccc(OC)cc2C(=O)O)c1-c1ccccc1. The average Bonchev–Trinajstić information content (AvgIpc) is 3.19. The number of benzene rings is 3. The number of aromatic nitrogens is 2. The van der Waals surface area contributed by atoms with Gasteiger partial charge in [0.2, 0.25) is 0 Å². The summed E-state index contributed by atoms with van der Waals surface area (Å²) in [5.74, 6) is 0.170. The van der Waals surface area contributed by atoms with Crippen LogP contribution in [-0.2, 0) is 6.42 Å². The van der Waals surface area contributed by atoms with Gasteiger partial charge in [-0.05, 0) is 61.2 Å². The highest BCUT2D eigenvalue weighted by molar-refractivity contribution is 5.96. The predicted octanol–water partition coefficient (Wildman–Crippen LogP) is 6.17. The van der Waals surface area contributed by atoms with Crippen LogP contribution in [0.25, 0.3) is 16.8 Å². The quantitative estimate of drug-likeness (QED) is 0.359. The average molecular weight is 442 g/mol. The second kappa shape index (κ2) is 9.20. The lowest BCUT2D eigenvalue weighted by Gasteiger charge is -2.16. The number of carbonyl (C=O) groups is 1. The zero-order chi connectivity index (χ0) is 23.5. The summed E-state index contributed by atoms with van der Waals surface area (Å²) in [6.45, 7) is 6.16. The maximum atomic E-state index is 12.0. The molecule has 0 amide bonds. The molecule has 6 heteroatoms. The number of methoxy groups -OCH3 is 1. The zero-order valence-corrected chi connectivity index (χ0v) is 19.2. The molecule has 0 fully saturated rings. The van der Waals surface area contributed by atoms with Gasteiger partial charge < -0.3 is 15.2 Å². The maximum absolute atomic E-state index is 12.0. The van der Waals surface area contributed by atoms with E-state index in [0.717, 1.165) is 45.9 Å². The number of nitrogens with zero attached hydrogens (tertiary/aromatic N) is 2. The number of nitrogens with one attached hydrogen (secondary N) is 1. The van der Waals surface area contributed by atoms with Gasteiger partial charge >= 0.3 is 5.97 Å². The standard InChI is InChI=1S/C27H27N3O3/c1-5-22-25(19-9-7-6-8-10-19)26(30(29-22)24-15-17(2)11-12-18(24)3)28-23-14-13-20(33-4)16-21(23)27(31)32/h6-16,28H,5H2,1-4H3,(H,31,32). The molecule has 0 aliphatic rings. The molecule has 4 aromatic rings. The number of aryl methyl sites for hydroxylation is 3. The van der Waals surface area contributed by atoms with Crippen molar-refractivity contribution in [2.75, 3.05) is 12.4 Å². The van der Waals surface area contributed by atoms with Crippen molar-refractivity contribution in [3.8, 4) is 22.6 Å². The highest BCUT2D eigenvalue weighted by Crippen LogP contribution is 2.37. The molecule has 0 bridgehead atoms. The van der Waals surface area contributed by atoms with Gasteiger partial charge in [0.1, 0.15) is 11.6 Å². The number of rotatable bonds is 7. The molecule has 33 heavy (non-hydrogen) atoms. The molecule has 6 nitrogen and oxygen atoms in total. The molecule has 0 saturated carbocycles. The van der Waals surface area contributed by atoms with Crippen LogP contribution in [-0.4, -0.2) is 28.0 Å². The van der Waals surface area contributed by atoms with Gasteiger partial charge in [-0.2, -0.15) is 5.10 Å². The molecule has 0 radical (unpaired) electrons. The Bertz CT molecular complexity index is 1310. The Morgan fingerprint density at radius 3 is 2.48 bits per heavy atom. The summed E-state index contributed by atoms with van der Waals surface area (Å²) in [7, 11) is 1.52. The van der Waals surface area contributed by atoms with Gasteiger partial charge in [-0.25, -0.2) is 9.48 Å². The topological polar surface area (TPSA) is 76.4 Å². The summed E-state index contributed by atoms with van der Waals surface area (Å²) in [5, 5.41) is 18.2. The third kappa shape index (κ3) is 4.32. The molecule has 2 N–H and O–H groups in total. The van der Waals surface area contributed by atoms with Crippen molar-refractivity contribution in [2.45, 2.75) is 27.2 Å². The van der Waals surface area contributed by atoms with E-state index in [1.807, 2.05) is 48.9 Å². The Balaban J connectivity index is 1.99. The number of hydrogen-bond acceptors (Lipinski definition) is 4. The minimum Gasteiger partial charge on any atom is -0.497 e. The smallest absolute Gasteiger partial charge is 0.337 e. The van der Waals surface area contributed by atoms with Gasteiger partial charge in [0.05, 0.1) is 29.7 Å². The molecule has 1 heterocycles. The fourth-order valence-electron chi connectivity index (χ4n) is 3.92. The van der Waals surface area contributed by atoms with Gasteiger partial charge in [-0.1, -0.05) is 49.4 Å². The first kappa shape index (κ1) is 22.1. The molecular weight excluding hydrogens is 414 g/mol. The third-order valence-corrected chi connectivity index (χ3v) is 5.66. The first-order valence-electron chi connectivity index (χ1n) is 10.9. The number of carboxylic acid groups (broad SMARTS) is 1. The maximum Gasteiger partial charge on any atom is 0.337 e. The summed E-state index contributed by atoms with van der Waals surface area (Å²) in [4.78, 5) is 12.0. The summed E-state index contributed by atoms with van der Waals surface area (Å²) in [6, 6.07) is 21.3. The highest BCUT2D eigenvalue weighted by atomic mass is 16.5. The van der Waals surface area contributed by atoms with E-state index in [1.165, 1.54) is 13.2 Å². The van der Waals surface area contributed by atoms with E-state index >= 15 is 0 Å². The van der Waals surface area contributed by atoms with Gasteiger partial charge in [-0.3, -0.25) is 0 Å². The molecule has 0 aliphatic heterocycles. The zero-order valence-electron chi connectivity index (χ0n) is 19.2. The van der Waals surface area contributed by atoms with E-state index in [4.69, 9.17) is 9.84 Å². The van der Waals surface area contributed by atoms with Crippen LogP contribution in [0, 0.1) is 13.8 Å². The summed E-state index contributed by atoms with van der Waals surface area (Å²) >= 11 is 0. The van der Waals surface area contributed by atoms with E-state index in [9.17, 15) is 9.90 Å². The summed E-state index contributed by atoms with van der Waals surface area (Å²) in [6.07, 6.45) is 0.727. The van der Waals surface area contributed by atoms with Crippen molar-refractivity contribution in [3.05, 3.63) is 89.1 Å². The Morgan fingerprint density at radius 2 is 1.82 bits per heavy atom. The minimum atomic E-state index is -1.04. The Morgan fingerprint density at radius 1 is 1.06 bits per heavy atom. The highest BCUT2D eigenvalue weighted by Gasteiger charge is 2.22. The van der Waals surface area contributed by atoms with Gasteiger partial charge in [0.15, 0.2) is 0 Å². The summed E-state index contributed by atoms with van der Waals surface area (Å²) in [5.41, 5.74) is 6.61. The largest absolute Gasteiger partial charge is 0.497 e. The van der Waals surface area contributed by atoms with Gasteiger partial charge in [0.25, 0.3) is 0 Å². The van der Waals surface area contributed by atoms with Crippen molar-refractivity contribution < 1.29 is 14.6 Å². The second-order valence-electron chi connectivity index (χ2n) is 7.93. The van der Waals surface area contributed by atoms with Crippen molar-refractivity contribution >= 4 is 17.5 Å². The molecule has 3 aromatic carbocycles. The molecule has 0 saturated heterocycles. The van der Waals surface area contributed by atoms with Gasteiger partial charge in [-0.15, -0.1) is 0 Å². The lowest BCUT2D eigenvalue weighted by atomic mass is 10.0. The van der Waals surface area contributed by atoms with Crippen LogP contribution in [0.15, 0.2) is 66.7 Å². The van der Waals surface area contributed by atoms with Crippen LogP contribution < -0.4 is 10.1 Å². The van der Waals surface area contributed by atoms with Gasteiger partial charge in [0, 0.05) is 5.56 Å². The van der Waals surface area contributed by atoms with E-state index < -0.39 is 5.97 Å². The first-order chi connectivity index (χ1) is 15.9. The van der Waals surface area contributed by atoms with Crippen LogP contribution in [0.4, 0.5) is 11.5 Å². The number of aromatic carboxylic acids is 1. The van der Waals surface area contributed by atoms with Crippen molar-refractivity contribution in [3.63, 3.8) is 0 Å². The number of anilines is 2. The Labute approximate surface area is 193 Å². The molecular formula is C27H27N3O3. The second-order valence-corrected chi connectivity index (χ2v) is 7.93.